The highest BCUT2D eigenvalue weighted by Crippen LogP contribution is 2.44. The Labute approximate surface area is 98.2 Å². The summed E-state index contributed by atoms with van der Waals surface area (Å²) in [6.45, 7) is 1.02. The number of nitrogens with zero attached hydrogens (tertiary/aromatic N) is 1. The molecule has 5 heteroatoms. The molecule has 2 rings (SSSR count). The van der Waals surface area contributed by atoms with E-state index in [1.54, 1.807) is 6.07 Å². The van der Waals surface area contributed by atoms with E-state index in [2.05, 4.69) is 0 Å². The highest BCUT2D eigenvalue weighted by molar-refractivity contribution is 5.63. The van der Waals surface area contributed by atoms with Crippen LogP contribution in [0.25, 0.3) is 0 Å². The minimum Gasteiger partial charge on any atom is -0.374 e. The highest BCUT2D eigenvalue weighted by atomic mass is 19.4. The molecule has 0 fully saturated rings. The van der Waals surface area contributed by atoms with Crippen LogP contribution in [0.3, 0.4) is 0 Å². The number of benzene rings is 1. The smallest absolute Gasteiger partial charge is 0.374 e. The lowest BCUT2D eigenvalue weighted by atomic mass is 9.93. The largest absolute Gasteiger partial charge is 0.416 e. The Hall–Kier alpha value is -1.23. The molecule has 1 unspecified atom stereocenters. The van der Waals surface area contributed by atoms with Crippen molar-refractivity contribution in [3.63, 3.8) is 0 Å². The highest BCUT2D eigenvalue weighted by Gasteiger charge is 2.39. The maximum Gasteiger partial charge on any atom is 0.416 e. The van der Waals surface area contributed by atoms with Gasteiger partial charge >= 0.3 is 6.18 Å². The summed E-state index contributed by atoms with van der Waals surface area (Å²) in [7, 11) is 1.81. The number of anilines is 1. The average Bonchev–Trinajstić information content (AvgIpc) is 2.55. The molecule has 94 valence electrons. The summed E-state index contributed by atoms with van der Waals surface area (Å²) in [5.41, 5.74) is 6.04. The molecule has 0 saturated carbocycles. The van der Waals surface area contributed by atoms with Gasteiger partial charge in [-0.1, -0.05) is 6.07 Å². The molecule has 1 aromatic carbocycles. The summed E-state index contributed by atoms with van der Waals surface area (Å²) in [5.74, 6) is -0.113. The van der Waals surface area contributed by atoms with E-state index in [9.17, 15) is 13.2 Å². The Kier molecular flexibility index (Phi) is 3.03. The van der Waals surface area contributed by atoms with Gasteiger partial charge in [0, 0.05) is 25.2 Å². The van der Waals surface area contributed by atoms with E-state index in [4.69, 9.17) is 5.73 Å². The van der Waals surface area contributed by atoms with Crippen LogP contribution in [0, 0.1) is 0 Å². The molecule has 0 spiro atoms. The van der Waals surface area contributed by atoms with Gasteiger partial charge in [0.15, 0.2) is 0 Å². The third-order valence-electron chi connectivity index (χ3n) is 3.22. The van der Waals surface area contributed by atoms with Gasteiger partial charge in [-0.2, -0.15) is 13.2 Å². The lowest BCUT2D eigenvalue weighted by molar-refractivity contribution is -0.138. The molecule has 1 atom stereocenters. The Morgan fingerprint density at radius 3 is 2.71 bits per heavy atom. The summed E-state index contributed by atoms with van der Waals surface area (Å²) in [6.07, 6.45) is -3.70. The zero-order chi connectivity index (χ0) is 12.6. The summed E-state index contributed by atoms with van der Waals surface area (Å²) >= 11 is 0. The second-order valence-corrected chi connectivity index (χ2v) is 4.39. The minimum absolute atomic E-state index is 0.113. The quantitative estimate of drug-likeness (QED) is 0.866. The van der Waals surface area contributed by atoms with Gasteiger partial charge in [-0.25, -0.2) is 0 Å². The van der Waals surface area contributed by atoms with E-state index in [0.717, 1.165) is 6.07 Å². The number of hydrogen-bond acceptors (Lipinski definition) is 2. The number of halogens is 3. The van der Waals surface area contributed by atoms with Crippen LogP contribution in [-0.2, 0) is 6.18 Å². The SMILES string of the molecule is CN1CC(CCN)c2c1cccc2C(F)(F)F. The fraction of sp³-hybridized carbons (Fsp3) is 0.500. The first-order valence-electron chi connectivity index (χ1n) is 5.56. The predicted octanol–water partition coefficient (Wildman–Crippen LogP) is 2.59. The van der Waals surface area contributed by atoms with E-state index in [1.807, 2.05) is 11.9 Å². The molecule has 1 aliphatic rings. The molecule has 0 amide bonds. The van der Waals surface area contributed by atoms with Crippen LogP contribution in [-0.4, -0.2) is 20.1 Å². The molecule has 0 saturated heterocycles. The van der Waals surface area contributed by atoms with Gasteiger partial charge in [0.25, 0.3) is 0 Å². The van der Waals surface area contributed by atoms with Crippen molar-refractivity contribution in [1.29, 1.82) is 0 Å². The van der Waals surface area contributed by atoms with Crippen molar-refractivity contribution in [1.82, 2.24) is 0 Å². The van der Waals surface area contributed by atoms with Gasteiger partial charge in [-0.05, 0) is 30.7 Å². The first kappa shape index (κ1) is 12.2. The molecular weight excluding hydrogens is 229 g/mol. The minimum atomic E-state index is -4.29. The Morgan fingerprint density at radius 2 is 2.12 bits per heavy atom. The number of alkyl halides is 3. The molecule has 2 N–H and O–H groups in total. The van der Waals surface area contributed by atoms with Gasteiger partial charge in [0.2, 0.25) is 0 Å². The third kappa shape index (κ3) is 2.11. The number of fused-ring (bicyclic) bond motifs is 1. The number of rotatable bonds is 2. The topological polar surface area (TPSA) is 29.3 Å². The number of hydrogen-bond donors (Lipinski definition) is 1. The van der Waals surface area contributed by atoms with Crippen LogP contribution in [0.2, 0.25) is 0 Å². The Morgan fingerprint density at radius 1 is 1.41 bits per heavy atom. The van der Waals surface area contributed by atoms with Gasteiger partial charge in [0.05, 0.1) is 5.56 Å². The Bertz CT molecular complexity index is 415. The predicted molar refractivity (Wildman–Crippen MR) is 61.1 cm³/mol. The normalized spacial score (nSPS) is 19.6. The summed E-state index contributed by atoms with van der Waals surface area (Å²) in [6, 6.07) is 4.35. The van der Waals surface area contributed by atoms with E-state index in [0.29, 0.717) is 30.8 Å². The van der Waals surface area contributed by atoms with Crippen molar-refractivity contribution in [3.05, 3.63) is 29.3 Å². The lowest BCUT2D eigenvalue weighted by Crippen LogP contribution is -2.17. The molecule has 17 heavy (non-hydrogen) atoms. The van der Waals surface area contributed by atoms with Crippen LogP contribution in [0.5, 0.6) is 0 Å². The van der Waals surface area contributed by atoms with Crippen LogP contribution < -0.4 is 10.6 Å². The summed E-state index contributed by atoms with van der Waals surface area (Å²) in [4.78, 5) is 1.87. The van der Waals surface area contributed by atoms with Crippen molar-refractivity contribution in [3.8, 4) is 0 Å². The zero-order valence-electron chi connectivity index (χ0n) is 9.59. The first-order valence-corrected chi connectivity index (χ1v) is 5.56. The molecular formula is C12H15F3N2. The van der Waals surface area contributed by atoms with E-state index >= 15 is 0 Å². The molecule has 0 aliphatic carbocycles. The second kappa shape index (κ2) is 4.22. The van der Waals surface area contributed by atoms with Gasteiger partial charge in [-0.3, -0.25) is 0 Å². The third-order valence-corrected chi connectivity index (χ3v) is 3.22. The maximum atomic E-state index is 12.9. The van der Waals surface area contributed by atoms with Crippen LogP contribution >= 0.6 is 0 Å². The Balaban J connectivity index is 2.51. The van der Waals surface area contributed by atoms with E-state index in [1.165, 1.54) is 6.07 Å². The fourth-order valence-corrected chi connectivity index (χ4v) is 2.52. The molecule has 1 heterocycles. The molecule has 1 aliphatic heterocycles. The molecule has 1 aromatic rings. The molecule has 0 bridgehead atoms. The zero-order valence-corrected chi connectivity index (χ0v) is 9.59. The average molecular weight is 244 g/mol. The lowest BCUT2D eigenvalue weighted by Gasteiger charge is -2.16. The van der Waals surface area contributed by atoms with Crippen molar-refractivity contribution in [2.24, 2.45) is 5.73 Å². The van der Waals surface area contributed by atoms with Crippen molar-refractivity contribution < 1.29 is 13.2 Å². The molecule has 2 nitrogen and oxygen atoms in total. The second-order valence-electron chi connectivity index (χ2n) is 4.39. The fourth-order valence-electron chi connectivity index (χ4n) is 2.52. The molecule has 0 radical (unpaired) electrons. The summed E-state index contributed by atoms with van der Waals surface area (Å²) in [5, 5.41) is 0. The van der Waals surface area contributed by atoms with Crippen LogP contribution in [0.1, 0.15) is 23.5 Å². The van der Waals surface area contributed by atoms with Crippen molar-refractivity contribution >= 4 is 5.69 Å². The molecule has 0 aromatic heterocycles. The number of likely N-dealkylation sites (N-methyl/N-ethyl adjacent to an activating group) is 1. The standard InChI is InChI=1S/C12H15F3N2/c1-17-7-8(5-6-16)11-9(12(13,14)15)3-2-4-10(11)17/h2-4,8H,5-7,16H2,1H3. The van der Waals surface area contributed by atoms with Gasteiger partial charge in [-0.15, -0.1) is 0 Å². The van der Waals surface area contributed by atoms with Crippen molar-refractivity contribution in [2.45, 2.75) is 18.5 Å². The monoisotopic (exact) mass is 244 g/mol. The number of nitrogens with two attached hydrogens (primary N) is 1. The van der Waals surface area contributed by atoms with Crippen LogP contribution in [0.4, 0.5) is 18.9 Å². The maximum absolute atomic E-state index is 12.9. The van der Waals surface area contributed by atoms with Crippen LogP contribution in [0.15, 0.2) is 18.2 Å². The van der Waals surface area contributed by atoms with E-state index in [-0.39, 0.29) is 5.92 Å². The first-order chi connectivity index (χ1) is 7.95. The van der Waals surface area contributed by atoms with Gasteiger partial charge < -0.3 is 10.6 Å². The van der Waals surface area contributed by atoms with E-state index < -0.39 is 11.7 Å². The van der Waals surface area contributed by atoms with Crippen molar-refractivity contribution in [2.75, 3.05) is 25.0 Å². The summed E-state index contributed by atoms with van der Waals surface area (Å²) < 4.78 is 38.8. The van der Waals surface area contributed by atoms with Gasteiger partial charge in [0.1, 0.15) is 0 Å².